The summed E-state index contributed by atoms with van der Waals surface area (Å²) in [6.45, 7) is 4.95. The van der Waals surface area contributed by atoms with Crippen molar-refractivity contribution in [3.8, 4) is 23.7 Å². The summed E-state index contributed by atoms with van der Waals surface area (Å²) in [5, 5.41) is 18.2. The molecular formula is C46H60O6. The van der Waals surface area contributed by atoms with E-state index in [9.17, 15) is 9.90 Å². The molecule has 0 amide bonds. The fourth-order valence-electron chi connectivity index (χ4n) is 5.68. The number of carbonyl (C=O) groups excluding carboxylic acids is 1. The molecular weight excluding hydrogens is 649 g/mol. The van der Waals surface area contributed by atoms with E-state index in [4.69, 9.17) is 19.3 Å². The zero-order valence-electron chi connectivity index (χ0n) is 31.6. The first-order chi connectivity index (χ1) is 25.5. The van der Waals surface area contributed by atoms with Crippen LogP contribution in [-0.4, -0.2) is 61.9 Å². The number of aliphatic hydroxyl groups excluding tert-OH is 2. The van der Waals surface area contributed by atoms with Crippen LogP contribution in [0.25, 0.3) is 0 Å². The average Bonchev–Trinajstić information content (AvgIpc) is 3.17. The van der Waals surface area contributed by atoms with Crippen molar-refractivity contribution in [2.45, 2.75) is 110 Å². The molecule has 0 fully saturated rings. The predicted molar refractivity (Wildman–Crippen MR) is 210 cm³/mol. The quantitative estimate of drug-likeness (QED) is 0.0550. The van der Waals surface area contributed by atoms with E-state index in [1.807, 2.05) is 24.3 Å². The second kappa shape index (κ2) is 26.8. The van der Waals surface area contributed by atoms with Gasteiger partial charge in [-0.25, -0.2) is 4.79 Å². The van der Waals surface area contributed by atoms with Gasteiger partial charge in [0, 0.05) is 22.3 Å². The fraction of sp³-hybridized carbons (Fsp3) is 0.500. The summed E-state index contributed by atoms with van der Waals surface area (Å²) < 4.78 is 16.3. The smallest absolute Gasteiger partial charge is 0.339 e. The monoisotopic (exact) mass is 708 g/mol. The average molecular weight is 709 g/mol. The summed E-state index contributed by atoms with van der Waals surface area (Å²) in [4.78, 5) is 13.3. The Morgan fingerprint density at radius 2 is 1.08 bits per heavy atom. The Morgan fingerprint density at radius 1 is 0.596 bits per heavy atom. The standard InChI is InChI=1S/C46H60O6/c1-3-5-7-9-11-13-15-38-17-21-40(22-18-38)25-26-42-28-30-43(29-27-41-23-19-39(20-24-41)16-14-12-10-8-6-4-2)45(35-42)46(49)52-34-33-50-31-32-51-37-44(48)36-47/h17-24,28,30,35,44,47-48H,3-16,31-34,36-37H2,1-2H3. The molecule has 3 aromatic rings. The maximum atomic E-state index is 13.3. The van der Waals surface area contributed by atoms with E-state index in [1.54, 1.807) is 6.07 Å². The summed E-state index contributed by atoms with van der Waals surface area (Å²) in [6.07, 6.45) is 16.7. The highest BCUT2D eigenvalue weighted by atomic mass is 16.6. The first-order valence-corrected chi connectivity index (χ1v) is 19.5. The number of unbranched alkanes of at least 4 members (excludes halogenated alkanes) is 10. The van der Waals surface area contributed by atoms with Gasteiger partial charge in [0.25, 0.3) is 0 Å². The highest BCUT2D eigenvalue weighted by Gasteiger charge is 2.13. The van der Waals surface area contributed by atoms with E-state index < -0.39 is 12.1 Å². The first kappa shape index (κ1) is 42.5. The van der Waals surface area contributed by atoms with Crippen LogP contribution in [0.15, 0.2) is 66.7 Å². The van der Waals surface area contributed by atoms with Crippen molar-refractivity contribution in [3.05, 3.63) is 106 Å². The van der Waals surface area contributed by atoms with Crippen molar-refractivity contribution in [2.75, 3.05) is 39.6 Å². The normalized spacial score (nSPS) is 11.3. The minimum absolute atomic E-state index is 0.0335. The lowest BCUT2D eigenvalue weighted by molar-refractivity contribution is -0.0207. The molecule has 1 atom stereocenters. The Bertz CT molecular complexity index is 1540. The molecule has 0 bridgehead atoms. The summed E-state index contributed by atoms with van der Waals surface area (Å²) in [5.41, 5.74) is 6.09. The Labute approximate surface area is 313 Å². The van der Waals surface area contributed by atoms with Gasteiger partial charge in [-0.05, 0) is 79.3 Å². The summed E-state index contributed by atoms with van der Waals surface area (Å²) in [5.74, 6) is 12.4. The first-order valence-electron chi connectivity index (χ1n) is 19.5. The molecule has 0 saturated carbocycles. The maximum absolute atomic E-state index is 13.3. The highest BCUT2D eigenvalue weighted by molar-refractivity contribution is 5.93. The molecule has 0 saturated heterocycles. The van der Waals surface area contributed by atoms with Gasteiger partial charge in [-0.3, -0.25) is 0 Å². The molecule has 2 N–H and O–H groups in total. The van der Waals surface area contributed by atoms with Crippen molar-refractivity contribution < 1.29 is 29.2 Å². The second-order valence-electron chi connectivity index (χ2n) is 13.3. The van der Waals surface area contributed by atoms with E-state index in [0.717, 1.165) is 24.0 Å². The number of rotatable bonds is 24. The van der Waals surface area contributed by atoms with Crippen molar-refractivity contribution in [2.24, 2.45) is 0 Å². The largest absolute Gasteiger partial charge is 0.460 e. The molecule has 0 aliphatic rings. The topological polar surface area (TPSA) is 85.2 Å². The van der Waals surface area contributed by atoms with E-state index in [0.29, 0.717) is 16.7 Å². The SMILES string of the molecule is CCCCCCCCc1ccc(C#Cc2ccc(C#Cc3ccc(CCCCCCCC)cc3)c(C(=O)OCCOCCOCC(O)CO)c2)cc1. The Kier molecular flexibility index (Phi) is 21.9. The third-order valence-electron chi connectivity index (χ3n) is 8.83. The number of aryl methyl sites for hydroxylation is 2. The van der Waals surface area contributed by atoms with Crippen LogP contribution >= 0.6 is 0 Å². The Morgan fingerprint density at radius 3 is 1.65 bits per heavy atom. The molecule has 3 aromatic carbocycles. The van der Waals surface area contributed by atoms with E-state index in [2.05, 4.69) is 73.9 Å². The number of ether oxygens (including phenoxy) is 3. The molecule has 6 nitrogen and oxygen atoms in total. The maximum Gasteiger partial charge on any atom is 0.339 e. The van der Waals surface area contributed by atoms with Gasteiger partial charge in [-0.2, -0.15) is 0 Å². The number of benzene rings is 3. The highest BCUT2D eigenvalue weighted by Crippen LogP contribution is 2.16. The lowest BCUT2D eigenvalue weighted by Gasteiger charge is -2.10. The molecule has 1 unspecified atom stereocenters. The van der Waals surface area contributed by atoms with Gasteiger partial charge in [0.05, 0.1) is 38.6 Å². The van der Waals surface area contributed by atoms with Gasteiger partial charge in [0.2, 0.25) is 0 Å². The second-order valence-corrected chi connectivity index (χ2v) is 13.3. The van der Waals surface area contributed by atoms with Crippen LogP contribution in [0, 0.1) is 23.7 Å². The molecule has 0 spiro atoms. The molecule has 0 aliphatic carbocycles. The van der Waals surface area contributed by atoms with E-state index in [1.165, 1.54) is 88.2 Å². The van der Waals surface area contributed by atoms with Gasteiger partial charge in [0.15, 0.2) is 0 Å². The van der Waals surface area contributed by atoms with Crippen molar-refractivity contribution in [1.29, 1.82) is 0 Å². The molecule has 3 rings (SSSR count). The van der Waals surface area contributed by atoms with Crippen LogP contribution in [0.5, 0.6) is 0 Å². The molecule has 280 valence electrons. The van der Waals surface area contributed by atoms with Crippen molar-refractivity contribution in [3.63, 3.8) is 0 Å². The van der Waals surface area contributed by atoms with Gasteiger partial charge < -0.3 is 24.4 Å². The van der Waals surface area contributed by atoms with E-state index >= 15 is 0 Å². The zero-order valence-corrected chi connectivity index (χ0v) is 31.6. The van der Waals surface area contributed by atoms with E-state index in [-0.39, 0.29) is 39.6 Å². The fourth-order valence-corrected chi connectivity index (χ4v) is 5.68. The number of hydrogen-bond acceptors (Lipinski definition) is 6. The third-order valence-corrected chi connectivity index (χ3v) is 8.83. The molecule has 0 heterocycles. The number of carbonyl (C=O) groups is 1. The van der Waals surface area contributed by atoms with Crippen molar-refractivity contribution >= 4 is 5.97 Å². The Hall–Kier alpha value is -3.91. The predicted octanol–water partition coefficient (Wildman–Crippen LogP) is 8.84. The molecule has 52 heavy (non-hydrogen) atoms. The van der Waals surface area contributed by atoms with Crippen LogP contribution in [0.1, 0.15) is 135 Å². The molecule has 0 aromatic heterocycles. The van der Waals surface area contributed by atoms with Crippen molar-refractivity contribution in [1.82, 2.24) is 0 Å². The van der Waals surface area contributed by atoms with Crippen LogP contribution in [-0.2, 0) is 27.1 Å². The summed E-state index contributed by atoms with van der Waals surface area (Å²) >= 11 is 0. The minimum Gasteiger partial charge on any atom is -0.460 e. The van der Waals surface area contributed by atoms with Crippen LogP contribution in [0.4, 0.5) is 0 Å². The van der Waals surface area contributed by atoms with Gasteiger partial charge in [-0.1, -0.05) is 126 Å². The zero-order chi connectivity index (χ0) is 37.1. The lowest BCUT2D eigenvalue weighted by Crippen LogP contribution is -2.21. The molecule has 0 radical (unpaired) electrons. The number of aliphatic hydroxyl groups is 2. The summed E-state index contributed by atoms with van der Waals surface area (Å²) in [6, 6.07) is 22.3. The molecule has 0 aliphatic heterocycles. The Balaban J connectivity index is 1.64. The van der Waals surface area contributed by atoms with Gasteiger partial charge in [-0.15, -0.1) is 0 Å². The molecule has 6 heteroatoms. The third kappa shape index (κ3) is 18.0. The lowest BCUT2D eigenvalue weighted by atomic mass is 10.0. The van der Waals surface area contributed by atoms with Gasteiger partial charge >= 0.3 is 5.97 Å². The van der Waals surface area contributed by atoms with Crippen LogP contribution in [0.2, 0.25) is 0 Å². The van der Waals surface area contributed by atoms with Crippen LogP contribution in [0.3, 0.4) is 0 Å². The summed E-state index contributed by atoms with van der Waals surface area (Å²) in [7, 11) is 0. The number of esters is 1. The minimum atomic E-state index is -0.909. The van der Waals surface area contributed by atoms with Gasteiger partial charge in [0.1, 0.15) is 12.7 Å². The van der Waals surface area contributed by atoms with Crippen LogP contribution < -0.4 is 0 Å². The number of hydrogen-bond donors (Lipinski definition) is 2.